The summed E-state index contributed by atoms with van der Waals surface area (Å²) in [5.74, 6) is -10.3. The molecule has 0 aliphatic heterocycles. The Morgan fingerprint density at radius 3 is 1.91 bits per heavy atom. The van der Waals surface area contributed by atoms with Gasteiger partial charge in [-0.25, -0.2) is 4.98 Å². The Hall–Kier alpha value is -3.17. The number of aromatic nitrogens is 1. The minimum Gasteiger partial charge on any atom is -0.481 e. The third-order valence-electron chi connectivity index (χ3n) is 3.06. The van der Waals surface area contributed by atoms with Gasteiger partial charge in [0.15, 0.2) is 0 Å². The topological polar surface area (TPSA) is 188 Å². The highest BCUT2D eigenvalue weighted by Crippen LogP contribution is 2.39. The van der Waals surface area contributed by atoms with E-state index >= 15 is 0 Å². The van der Waals surface area contributed by atoms with Crippen LogP contribution >= 0.6 is 0 Å². The zero-order valence-electron chi connectivity index (χ0n) is 11.0. The van der Waals surface area contributed by atoms with Crippen LogP contribution < -0.4 is 5.73 Å². The molecular weight excluding hydrogens is 300 g/mol. The molecule has 1 aromatic heterocycles. The average Bonchev–Trinajstić information content (AvgIpc) is 2.36. The smallest absolute Gasteiger partial charge is 0.333 e. The highest BCUT2D eigenvalue weighted by molar-refractivity contribution is 6.17. The van der Waals surface area contributed by atoms with Crippen molar-refractivity contribution in [3.8, 4) is 0 Å². The molecule has 0 amide bonds. The molecule has 0 saturated carbocycles. The highest BCUT2D eigenvalue weighted by atomic mass is 16.4. The number of hydrogen-bond acceptors (Lipinski definition) is 6. The Labute approximate surface area is 122 Å². The highest BCUT2D eigenvalue weighted by Gasteiger charge is 2.61. The van der Waals surface area contributed by atoms with Gasteiger partial charge in [0.1, 0.15) is 5.82 Å². The van der Waals surface area contributed by atoms with Crippen molar-refractivity contribution in [1.29, 1.82) is 0 Å². The van der Waals surface area contributed by atoms with Gasteiger partial charge < -0.3 is 26.2 Å². The van der Waals surface area contributed by atoms with Crippen LogP contribution in [0.4, 0.5) is 5.82 Å². The second-order valence-corrected chi connectivity index (χ2v) is 4.36. The van der Waals surface area contributed by atoms with Crippen molar-refractivity contribution < 1.29 is 39.6 Å². The van der Waals surface area contributed by atoms with Crippen LogP contribution in [0.2, 0.25) is 0 Å². The van der Waals surface area contributed by atoms with Gasteiger partial charge in [-0.3, -0.25) is 19.2 Å². The van der Waals surface area contributed by atoms with Crippen molar-refractivity contribution in [3.05, 3.63) is 23.9 Å². The van der Waals surface area contributed by atoms with E-state index in [1.54, 1.807) is 0 Å². The third kappa shape index (κ3) is 2.80. The maximum atomic E-state index is 11.4. The molecule has 1 aromatic rings. The summed E-state index contributed by atoms with van der Waals surface area (Å²) in [6.07, 6.45) is -1.07. The number of nitrogens with zero attached hydrogens (tertiary/aromatic N) is 1. The first-order valence-electron chi connectivity index (χ1n) is 5.78. The summed E-state index contributed by atoms with van der Waals surface area (Å²) in [5, 5.41) is 36.4. The average molecular weight is 312 g/mol. The van der Waals surface area contributed by atoms with Gasteiger partial charge in [0.05, 0.1) is 6.42 Å². The predicted molar refractivity (Wildman–Crippen MR) is 69.0 cm³/mol. The van der Waals surface area contributed by atoms with Gasteiger partial charge in [0, 0.05) is 11.6 Å². The second-order valence-electron chi connectivity index (χ2n) is 4.36. The molecule has 22 heavy (non-hydrogen) atoms. The third-order valence-corrected chi connectivity index (χ3v) is 3.06. The van der Waals surface area contributed by atoms with Crippen LogP contribution in [-0.4, -0.2) is 49.3 Å². The van der Waals surface area contributed by atoms with Crippen molar-refractivity contribution in [2.45, 2.75) is 12.3 Å². The summed E-state index contributed by atoms with van der Waals surface area (Å²) in [6.45, 7) is 0. The van der Waals surface area contributed by atoms with Crippen molar-refractivity contribution in [3.63, 3.8) is 0 Å². The molecule has 0 aliphatic carbocycles. The number of carbonyl (C=O) groups is 4. The number of hydrogen-bond donors (Lipinski definition) is 5. The summed E-state index contributed by atoms with van der Waals surface area (Å²) in [7, 11) is 0. The molecular formula is C12H12N2O8. The lowest BCUT2D eigenvalue weighted by molar-refractivity contribution is -0.178. The van der Waals surface area contributed by atoms with Crippen LogP contribution in [-0.2, 0) is 19.2 Å². The van der Waals surface area contributed by atoms with E-state index in [2.05, 4.69) is 4.98 Å². The molecule has 0 fully saturated rings. The fourth-order valence-electron chi connectivity index (χ4n) is 2.04. The molecule has 0 aromatic carbocycles. The zero-order valence-corrected chi connectivity index (χ0v) is 11.0. The molecule has 0 radical (unpaired) electrons. The van der Waals surface area contributed by atoms with Gasteiger partial charge in [0.2, 0.25) is 0 Å². The van der Waals surface area contributed by atoms with Crippen molar-refractivity contribution in [1.82, 2.24) is 4.98 Å². The standard InChI is InChI=1S/C12H12N2O8/c13-7-3-1-2-6(14-7)5(4-8(15)16)12(9(17)18,10(19)20)11(21)22/h1-3,5H,4H2,(H2,13,14)(H,15,16)(H,17,18)(H,19,20)(H,21,22). The Morgan fingerprint density at radius 1 is 1.05 bits per heavy atom. The minimum atomic E-state index is -3.40. The monoisotopic (exact) mass is 312 g/mol. The van der Waals surface area contributed by atoms with Crippen LogP contribution in [0.1, 0.15) is 18.0 Å². The predicted octanol–water partition coefficient (Wildman–Crippen LogP) is -0.538. The van der Waals surface area contributed by atoms with Crippen LogP contribution in [0.15, 0.2) is 18.2 Å². The van der Waals surface area contributed by atoms with Gasteiger partial charge in [-0.2, -0.15) is 0 Å². The van der Waals surface area contributed by atoms with E-state index in [9.17, 15) is 19.2 Å². The molecule has 1 rings (SSSR count). The van der Waals surface area contributed by atoms with E-state index in [-0.39, 0.29) is 11.5 Å². The Balaban J connectivity index is 3.65. The molecule has 1 unspecified atom stereocenters. The minimum absolute atomic E-state index is 0.136. The fourth-order valence-corrected chi connectivity index (χ4v) is 2.04. The summed E-state index contributed by atoms with van der Waals surface area (Å²) in [5.41, 5.74) is 1.64. The lowest BCUT2D eigenvalue weighted by atomic mass is 9.71. The van der Waals surface area contributed by atoms with Gasteiger partial charge in [0.25, 0.3) is 5.41 Å². The van der Waals surface area contributed by atoms with Crippen LogP contribution in [0.5, 0.6) is 0 Å². The molecule has 6 N–H and O–H groups in total. The maximum absolute atomic E-state index is 11.4. The Morgan fingerprint density at radius 2 is 1.55 bits per heavy atom. The van der Waals surface area contributed by atoms with Gasteiger partial charge in [-0.15, -0.1) is 0 Å². The number of anilines is 1. The lowest BCUT2D eigenvalue weighted by Gasteiger charge is -2.28. The Bertz CT molecular complexity index is 606. The molecule has 0 saturated heterocycles. The number of nitrogen functional groups attached to an aromatic ring is 1. The quantitative estimate of drug-likeness (QED) is 0.409. The van der Waals surface area contributed by atoms with E-state index in [1.807, 2.05) is 0 Å². The normalized spacial score (nSPS) is 12.4. The van der Waals surface area contributed by atoms with E-state index in [1.165, 1.54) is 12.1 Å². The maximum Gasteiger partial charge on any atom is 0.333 e. The molecule has 118 valence electrons. The molecule has 10 nitrogen and oxygen atoms in total. The molecule has 1 atom stereocenters. The SMILES string of the molecule is Nc1cccc(C(CC(=O)O)C(C(=O)O)(C(=O)O)C(=O)O)n1. The summed E-state index contributed by atoms with van der Waals surface area (Å²) >= 11 is 0. The van der Waals surface area contributed by atoms with Crippen molar-refractivity contribution in [2.24, 2.45) is 5.41 Å². The van der Waals surface area contributed by atoms with Crippen molar-refractivity contribution in [2.75, 3.05) is 5.73 Å². The number of aliphatic carboxylic acids is 4. The number of carboxylic acid groups (broad SMARTS) is 4. The number of pyridine rings is 1. The van der Waals surface area contributed by atoms with E-state index in [4.69, 9.17) is 26.2 Å². The largest absolute Gasteiger partial charge is 0.481 e. The lowest BCUT2D eigenvalue weighted by Crippen LogP contribution is -2.51. The van der Waals surface area contributed by atoms with E-state index < -0.39 is 41.6 Å². The van der Waals surface area contributed by atoms with Gasteiger partial charge in [-0.05, 0) is 12.1 Å². The first-order valence-corrected chi connectivity index (χ1v) is 5.78. The molecule has 0 spiro atoms. The van der Waals surface area contributed by atoms with E-state index in [0.29, 0.717) is 0 Å². The molecule has 10 heteroatoms. The van der Waals surface area contributed by atoms with Crippen LogP contribution in [0.3, 0.4) is 0 Å². The molecule has 1 heterocycles. The summed E-state index contributed by atoms with van der Waals surface area (Å²) in [4.78, 5) is 48.7. The van der Waals surface area contributed by atoms with Gasteiger partial charge in [-0.1, -0.05) is 6.07 Å². The van der Waals surface area contributed by atoms with Crippen LogP contribution in [0.25, 0.3) is 0 Å². The zero-order chi connectivity index (χ0) is 17.1. The van der Waals surface area contributed by atoms with Crippen LogP contribution in [0, 0.1) is 5.41 Å². The van der Waals surface area contributed by atoms with Gasteiger partial charge >= 0.3 is 23.9 Å². The van der Waals surface area contributed by atoms with Crippen molar-refractivity contribution >= 4 is 29.7 Å². The number of carboxylic acids is 4. The summed E-state index contributed by atoms with van der Waals surface area (Å²) in [6, 6.07) is 3.70. The first-order chi connectivity index (χ1) is 10.1. The fraction of sp³-hybridized carbons (Fsp3) is 0.250. The molecule has 0 bridgehead atoms. The first kappa shape index (κ1) is 16.9. The Kier molecular flexibility index (Phi) is 4.66. The number of rotatable bonds is 7. The summed E-state index contributed by atoms with van der Waals surface area (Å²) < 4.78 is 0. The van der Waals surface area contributed by atoms with E-state index in [0.717, 1.165) is 6.07 Å². The molecule has 0 aliphatic rings. The number of nitrogens with two attached hydrogens (primary N) is 1. The second kappa shape index (κ2) is 6.08.